The summed E-state index contributed by atoms with van der Waals surface area (Å²) in [7, 11) is 0. The largest absolute Gasteiger partial charge is 0.465 e. The highest BCUT2D eigenvalue weighted by molar-refractivity contribution is 6.10. The minimum absolute atomic E-state index is 0.00629. The molecule has 0 aromatic heterocycles. The van der Waals surface area contributed by atoms with E-state index in [0.29, 0.717) is 0 Å². The lowest BCUT2D eigenvalue weighted by Crippen LogP contribution is -2.06. The fourth-order valence-electron chi connectivity index (χ4n) is 2.90. The third-order valence-corrected chi connectivity index (χ3v) is 4.02. The Balaban J connectivity index is 2.11. The van der Waals surface area contributed by atoms with Crippen molar-refractivity contribution >= 4 is 33.6 Å². The second-order valence-electron chi connectivity index (χ2n) is 5.72. The summed E-state index contributed by atoms with van der Waals surface area (Å²) in [6.07, 6.45) is 1.63. The number of carbonyl (C=O) groups excluding carboxylic acids is 1. The fourth-order valence-corrected chi connectivity index (χ4v) is 2.90. The van der Waals surface area contributed by atoms with Crippen molar-refractivity contribution in [2.75, 3.05) is 6.61 Å². The van der Waals surface area contributed by atoms with Gasteiger partial charge < -0.3 is 4.74 Å². The zero-order valence-electron chi connectivity index (χ0n) is 13.8. The highest BCUT2D eigenvalue weighted by Gasteiger charge is 2.13. The van der Waals surface area contributed by atoms with Crippen LogP contribution in [0.2, 0.25) is 0 Å². The van der Waals surface area contributed by atoms with Crippen molar-refractivity contribution in [1.82, 2.24) is 0 Å². The molecule has 0 bridgehead atoms. The maximum Gasteiger partial charge on any atom is 0.302 e. The van der Waals surface area contributed by atoms with E-state index in [4.69, 9.17) is 4.74 Å². The fraction of sp³-hybridized carbons (Fsp3) is 0.150. The number of fused-ring (bicyclic) bond motifs is 3. The van der Waals surface area contributed by atoms with Gasteiger partial charge in [-0.1, -0.05) is 48.5 Å². The third kappa shape index (κ3) is 3.66. The number of hydrogen-bond donors (Lipinski definition) is 0. The molecule has 0 amide bonds. The van der Waals surface area contributed by atoms with E-state index < -0.39 is 10.9 Å². The predicted octanol–water partition coefficient (Wildman–Crippen LogP) is 4.56. The van der Waals surface area contributed by atoms with Crippen LogP contribution in [0.1, 0.15) is 18.9 Å². The molecule has 0 saturated carbocycles. The smallest absolute Gasteiger partial charge is 0.302 e. The summed E-state index contributed by atoms with van der Waals surface area (Å²) in [5.74, 6) is -0.446. The van der Waals surface area contributed by atoms with Gasteiger partial charge in [-0.15, -0.1) is 0 Å². The number of hydrogen-bond acceptors (Lipinski definition) is 4. The van der Waals surface area contributed by atoms with Gasteiger partial charge >= 0.3 is 5.97 Å². The van der Waals surface area contributed by atoms with Gasteiger partial charge in [-0.3, -0.25) is 14.9 Å². The molecular formula is C20H17NO4. The standard InChI is InChI=1S/C20H17NO4/c1-14(22)25-11-10-17(21(23)24)13-16-12-15-6-2-3-7-18(15)20-9-5-4-8-19(16)20/h2-9,12-13H,10-11H2,1H3. The maximum absolute atomic E-state index is 11.4. The van der Waals surface area contributed by atoms with Gasteiger partial charge in [0.05, 0.1) is 11.3 Å². The van der Waals surface area contributed by atoms with Gasteiger partial charge in [-0.05, 0) is 33.2 Å². The Hall–Kier alpha value is -3.21. The Morgan fingerprint density at radius 2 is 1.72 bits per heavy atom. The Morgan fingerprint density at radius 1 is 1.08 bits per heavy atom. The molecule has 0 radical (unpaired) electrons. The van der Waals surface area contributed by atoms with E-state index >= 15 is 0 Å². The average molecular weight is 335 g/mol. The van der Waals surface area contributed by atoms with Crippen LogP contribution in [0.3, 0.4) is 0 Å². The van der Waals surface area contributed by atoms with Gasteiger partial charge in [-0.2, -0.15) is 0 Å². The first-order valence-corrected chi connectivity index (χ1v) is 7.95. The van der Waals surface area contributed by atoms with Crippen LogP contribution in [0.25, 0.3) is 27.6 Å². The second-order valence-corrected chi connectivity index (χ2v) is 5.72. The van der Waals surface area contributed by atoms with Gasteiger partial charge in [-0.25, -0.2) is 0 Å². The molecule has 3 aromatic carbocycles. The van der Waals surface area contributed by atoms with Gasteiger partial charge in [0.25, 0.3) is 0 Å². The van der Waals surface area contributed by atoms with E-state index in [1.807, 2.05) is 54.6 Å². The first kappa shape index (κ1) is 16.6. The Bertz CT molecular complexity index is 991. The maximum atomic E-state index is 11.4. The van der Waals surface area contributed by atoms with Crippen molar-refractivity contribution in [2.24, 2.45) is 0 Å². The topological polar surface area (TPSA) is 69.4 Å². The number of nitro groups is 1. The summed E-state index contributed by atoms with van der Waals surface area (Å²) in [5.41, 5.74) is 0.797. The Morgan fingerprint density at radius 3 is 2.40 bits per heavy atom. The molecule has 3 aromatic rings. The molecule has 3 rings (SSSR count). The third-order valence-electron chi connectivity index (χ3n) is 4.02. The van der Waals surface area contributed by atoms with Crippen LogP contribution in [-0.4, -0.2) is 17.5 Å². The molecular weight excluding hydrogens is 318 g/mol. The van der Waals surface area contributed by atoms with Crippen molar-refractivity contribution in [3.05, 3.63) is 76.0 Å². The van der Waals surface area contributed by atoms with Crippen LogP contribution in [0.4, 0.5) is 0 Å². The summed E-state index contributed by atoms with van der Waals surface area (Å²) >= 11 is 0. The number of rotatable bonds is 5. The second kappa shape index (κ2) is 7.13. The summed E-state index contributed by atoms with van der Waals surface area (Å²) < 4.78 is 4.83. The van der Waals surface area contributed by atoms with E-state index in [2.05, 4.69) is 0 Å². The Labute approximate surface area is 144 Å². The molecule has 0 aliphatic carbocycles. The average Bonchev–Trinajstić information content (AvgIpc) is 2.60. The number of carbonyl (C=O) groups is 1. The van der Waals surface area contributed by atoms with Crippen molar-refractivity contribution in [1.29, 1.82) is 0 Å². The van der Waals surface area contributed by atoms with Crippen LogP contribution in [0.5, 0.6) is 0 Å². The summed E-state index contributed by atoms with van der Waals surface area (Å²) in [6, 6.07) is 17.7. The quantitative estimate of drug-likeness (QED) is 0.296. The first-order valence-electron chi connectivity index (χ1n) is 7.95. The first-order chi connectivity index (χ1) is 12.1. The van der Waals surface area contributed by atoms with Crippen molar-refractivity contribution in [3.8, 4) is 0 Å². The zero-order chi connectivity index (χ0) is 17.8. The van der Waals surface area contributed by atoms with Crippen LogP contribution >= 0.6 is 0 Å². The molecule has 0 N–H and O–H groups in total. The molecule has 5 nitrogen and oxygen atoms in total. The monoisotopic (exact) mass is 335 g/mol. The molecule has 0 fully saturated rings. The molecule has 126 valence electrons. The molecule has 25 heavy (non-hydrogen) atoms. The predicted molar refractivity (Wildman–Crippen MR) is 97.7 cm³/mol. The SMILES string of the molecule is CC(=O)OCCC(=Cc1cc2ccccc2c2ccccc12)[N+](=O)[O-]. The molecule has 0 heterocycles. The Kier molecular flexibility index (Phi) is 4.75. The lowest BCUT2D eigenvalue weighted by atomic mass is 9.96. The lowest BCUT2D eigenvalue weighted by molar-refractivity contribution is -0.426. The van der Waals surface area contributed by atoms with Crippen molar-refractivity contribution in [3.63, 3.8) is 0 Å². The summed E-state index contributed by atoms with van der Waals surface area (Å²) in [6.45, 7) is 1.28. The van der Waals surface area contributed by atoms with Crippen molar-refractivity contribution in [2.45, 2.75) is 13.3 Å². The van der Waals surface area contributed by atoms with E-state index in [-0.39, 0.29) is 18.7 Å². The molecule has 0 spiro atoms. The normalized spacial score (nSPS) is 11.6. The highest BCUT2D eigenvalue weighted by Crippen LogP contribution is 2.30. The van der Waals surface area contributed by atoms with E-state index in [1.165, 1.54) is 6.92 Å². The molecule has 5 heteroatoms. The molecule has 0 atom stereocenters. The minimum atomic E-state index is -0.446. The molecule has 0 unspecified atom stereocenters. The summed E-state index contributed by atoms with van der Waals surface area (Å²) in [5, 5.41) is 15.5. The number of nitrogens with zero attached hydrogens (tertiary/aromatic N) is 1. The van der Waals surface area contributed by atoms with Gasteiger partial charge in [0.2, 0.25) is 5.70 Å². The number of ether oxygens (including phenoxy) is 1. The van der Waals surface area contributed by atoms with Crippen LogP contribution in [0.15, 0.2) is 60.3 Å². The zero-order valence-corrected chi connectivity index (χ0v) is 13.8. The molecule has 0 aliphatic heterocycles. The van der Waals surface area contributed by atoms with Crippen molar-refractivity contribution < 1.29 is 14.5 Å². The molecule has 0 saturated heterocycles. The van der Waals surface area contributed by atoms with Crippen LogP contribution in [0, 0.1) is 10.1 Å². The number of benzene rings is 3. The van der Waals surface area contributed by atoms with E-state index in [9.17, 15) is 14.9 Å². The van der Waals surface area contributed by atoms with E-state index in [0.717, 1.165) is 27.1 Å². The number of esters is 1. The highest BCUT2D eigenvalue weighted by atomic mass is 16.6. The van der Waals surface area contributed by atoms with Crippen LogP contribution < -0.4 is 0 Å². The minimum Gasteiger partial charge on any atom is -0.465 e. The van der Waals surface area contributed by atoms with Gasteiger partial charge in [0.1, 0.15) is 6.61 Å². The molecule has 0 aliphatic rings. The van der Waals surface area contributed by atoms with E-state index in [1.54, 1.807) is 6.08 Å². The summed E-state index contributed by atoms with van der Waals surface area (Å²) in [4.78, 5) is 21.8. The van der Waals surface area contributed by atoms with Gasteiger partial charge in [0.15, 0.2) is 0 Å². The van der Waals surface area contributed by atoms with Crippen LogP contribution in [-0.2, 0) is 9.53 Å². The van der Waals surface area contributed by atoms with Gasteiger partial charge in [0, 0.05) is 13.0 Å². The lowest BCUT2D eigenvalue weighted by Gasteiger charge is -2.08.